The fraction of sp³-hybridized carbons (Fsp3) is 0.595. The first-order valence-corrected chi connectivity index (χ1v) is 17.9. The molecule has 0 aromatic heterocycles. The van der Waals surface area contributed by atoms with Crippen LogP contribution in [0.4, 0.5) is 34.1 Å². The Kier molecular flexibility index (Phi) is 14.4. The van der Waals surface area contributed by atoms with Crippen molar-refractivity contribution in [3.63, 3.8) is 0 Å². The average Bonchev–Trinajstić information content (AvgIpc) is 3.09. The smallest absolute Gasteiger partial charge is 0.416 e. The van der Waals surface area contributed by atoms with Crippen molar-refractivity contribution in [2.75, 3.05) is 44.0 Å². The number of alkyl halides is 3. The molecule has 4 rings (SSSR count). The Balaban J connectivity index is 1.55. The predicted molar refractivity (Wildman–Crippen MR) is 189 cm³/mol. The summed E-state index contributed by atoms with van der Waals surface area (Å²) in [6.45, 7) is 6.27. The molecule has 0 saturated heterocycles. The molecule has 0 spiro atoms. The number of rotatable bonds is 7. The Hall–Kier alpha value is -4.04. The van der Waals surface area contributed by atoms with Gasteiger partial charge in [0.2, 0.25) is 0 Å². The fourth-order valence-electron chi connectivity index (χ4n) is 6.38. The number of nitrogens with one attached hydrogen (secondary N) is 3. The summed E-state index contributed by atoms with van der Waals surface area (Å²) in [5.74, 6) is -0.362. The summed E-state index contributed by atoms with van der Waals surface area (Å²) in [5.41, 5.74) is -0.271. The van der Waals surface area contributed by atoms with Gasteiger partial charge in [0.1, 0.15) is 5.75 Å². The number of aliphatic hydroxyl groups is 1. The Labute approximate surface area is 298 Å². The van der Waals surface area contributed by atoms with Gasteiger partial charge in [-0.05, 0) is 88.4 Å². The van der Waals surface area contributed by atoms with Crippen molar-refractivity contribution < 1.29 is 42.1 Å². The molecule has 1 saturated carbocycles. The lowest BCUT2D eigenvalue weighted by molar-refractivity contribution is -0.137. The molecule has 11 nitrogen and oxygen atoms in total. The summed E-state index contributed by atoms with van der Waals surface area (Å²) in [5, 5.41) is 18.5. The van der Waals surface area contributed by atoms with Gasteiger partial charge in [0.15, 0.2) is 0 Å². The monoisotopic (exact) mass is 719 g/mol. The molecule has 4 atom stereocenters. The molecular weight excluding hydrogens is 667 g/mol. The van der Waals surface area contributed by atoms with Crippen molar-refractivity contribution in [2.24, 2.45) is 5.92 Å². The lowest BCUT2D eigenvalue weighted by Crippen LogP contribution is -2.50. The van der Waals surface area contributed by atoms with Crippen LogP contribution >= 0.6 is 0 Å². The molecule has 51 heavy (non-hydrogen) atoms. The molecule has 0 bridgehead atoms. The molecule has 1 heterocycles. The van der Waals surface area contributed by atoms with Crippen LogP contribution in [0.25, 0.3) is 0 Å². The van der Waals surface area contributed by atoms with Gasteiger partial charge in [0.25, 0.3) is 5.91 Å². The number of nitrogens with zero attached hydrogens (tertiary/aromatic N) is 2. The van der Waals surface area contributed by atoms with E-state index in [1.54, 1.807) is 35.9 Å². The number of amides is 5. The van der Waals surface area contributed by atoms with Crippen LogP contribution in [0, 0.1) is 5.92 Å². The van der Waals surface area contributed by atoms with Crippen molar-refractivity contribution in [1.82, 2.24) is 15.1 Å². The third-order valence-electron chi connectivity index (χ3n) is 9.51. The average molecular weight is 720 g/mol. The van der Waals surface area contributed by atoms with Crippen LogP contribution in [0.1, 0.15) is 88.1 Å². The Morgan fingerprint density at radius 2 is 1.63 bits per heavy atom. The Morgan fingerprint density at radius 3 is 2.29 bits per heavy atom. The summed E-state index contributed by atoms with van der Waals surface area (Å²) in [6.07, 6.45) is 2.44. The molecule has 0 radical (unpaired) electrons. The first-order chi connectivity index (χ1) is 24.2. The van der Waals surface area contributed by atoms with Gasteiger partial charge in [0.05, 0.1) is 36.0 Å². The number of urea groups is 2. The maximum absolute atomic E-state index is 14.4. The van der Waals surface area contributed by atoms with E-state index >= 15 is 0 Å². The highest BCUT2D eigenvalue weighted by atomic mass is 19.4. The summed E-state index contributed by atoms with van der Waals surface area (Å²) >= 11 is 0. The van der Waals surface area contributed by atoms with E-state index in [1.807, 2.05) is 13.8 Å². The van der Waals surface area contributed by atoms with Crippen molar-refractivity contribution in [3.8, 4) is 5.75 Å². The van der Waals surface area contributed by atoms with E-state index in [1.165, 1.54) is 12.5 Å². The molecular formula is C37H52F3N5O6. The number of anilines is 2. The van der Waals surface area contributed by atoms with E-state index in [2.05, 4.69) is 16.0 Å². The van der Waals surface area contributed by atoms with Crippen molar-refractivity contribution in [2.45, 2.75) is 103 Å². The van der Waals surface area contributed by atoms with Gasteiger partial charge < -0.3 is 40.3 Å². The van der Waals surface area contributed by atoms with Crippen molar-refractivity contribution in [3.05, 3.63) is 53.6 Å². The van der Waals surface area contributed by atoms with Crippen LogP contribution in [-0.4, -0.2) is 90.5 Å². The minimum absolute atomic E-state index is 0.151. The number of likely N-dealkylation sites (N-methyl/N-ethyl adjacent to an activating group) is 1. The van der Waals surface area contributed by atoms with Crippen molar-refractivity contribution >= 4 is 29.3 Å². The van der Waals surface area contributed by atoms with Gasteiger partial charge >= 0.3 is 18.2 Å². The van der Waals surface area contributed by atoms with E-state index in [0.717, 1.165) is 62.8 Å². The molecule has 5 amide bonds. The molecule has 1 aliphatic heterocycles. The maximum Gasteiger partial charge on any atom is 0.416 e. The van der Waals surface area contributed by atoms with Gasteiger partial charge in [-0.1, -0.05) is 26.2 Å². The van der Waals surface area contributed by atoms with Gasteiger partial charge in [-0.15, -0.1) is 0 Å². The number of fused-ring (bicyclic) bond motifs is 1. The van der Waals surface area contributed by atoms with Crippen molar-refractivity contribution in [1.29, 1.82) is 0 Å². The number of halogens is 3. The standard InChI is InChI=1S/C37H52F3N5O6/c1-24-21-45(25(2)23-46)34(47)31-20-30(42-35(48)41-29-15-13-27(14-16-29)37(38,39)40)17-18-32(31)51-26(3)10-8-9-19-50-33(24)22-44(4)36(49)43-28-11-6-5-7-12-28/h13-18,20,24-26,28,33,46H,5-12,19,21-23H2,1-4H3,(H,43,49)(H2,41,42,48)/t24-,25-,26+,33+/m1/s1. The zero-order valence-electron chi connectivity index (χ0n) is 29.9. The van der Waals surface area contributed by atoms with Gasteiger partial charge in [-0.2, -0.15) is 13.2 Å². The first kappa shape index (κ1) is 39.7. The minimum Gasteiger partial charge on any atom is -0.490 e. The highest BCUT2D eigenvalue weighted by Gasteiger charge is 2.32. The third kappa shape index (κ3) is 11.7. The number of ether oxygens (including phenoxy) is 2. The van der Waals surface area contributed by atoms with Crippen LogP contribution in [0.3, 0.4) is 0 Å². The first-order valence-electron chi connectivity index (χ1n) is 17.9. The largest absolute Gasteiger partial charge is 0.490 e. The zero-order chi connectivity index (χ0) is 37.1. The highest BCUT2D eigenvalue weighted by molar-refractivity contribution is 6.02. The fourth-order valence-corrected chi connectivity index (χ4v) is 6.38. The summed E-state index contributed by atoms with van der Waals surface area (Å²) < 4.78 is 51.5. The molecule has 2 aromatic carbocycles. The van der Waals surface area contributed by atoms with E-state index < -0.39 is 35.8 Å². The number of carbonyl (C=O) groups is 3. The Bertz CT molecular complexity index is 1450. The molecule has 0 unspecified atom stereocenters. The van der Waals surface area contributed by atoms with Crippen LogP contribution in [0.5, 0.6) is 5.75 Å². The minimum atomic E-state index is -4.50. The molecule has 282 valence electrons. The van der Waals surface area contributed by atoms with Crippen LogP contribution in [-0.2, 0) is 10.9 Å². The molecule has 1 fully saturated rings. The molecule has 4 N–H and O–H groups in total. The maximum atomic E-state index is 14.4. The van der Waals surface area contributed by atoms with E-state index in [4.69, 9.17) is 9.47 Å². The second kappa shape index (κ2) is 18.5. The van der Waals surface area contributed by atoms with Gasteiger partial charge in [0, 0.05) is 50.1 Å². The summed E-state index contributed by atoms with van der Waals surface area (Å²) in [6, 6.07) is 7.40. The van der Waals surface area contributed by atoms with Crippen LogP contribution in [0.15, 0.2) is 42.5 Å². The second-order valence-corrected chi connectivity index (χ2v) is 13.8. The van der Waals surface area contributed by atoms with Gasteiger partial charge in [-0.3, -0.25) is 4.79 Å². The summed E-state index contributed by atoms with van der Waals surface area (Å²) in [4.78, 5) is 43.5. The van der Waals surface area contributed by atoms with Crippen LogP contribution in [0.2, 0.25) is 0 Å². The van der Waals surface area contributed by atoms with E-state index in [9.17, 15) is 32.7 Å². The quantitative estimate of drug-likeness (QED) is 0.241. The van der Waals surface area contributed by atoms with E-state index in [0.29, 0.717) is 25.3 Å². The van der Waals surface area contributed by atoms with Gasteiger partial charge in [-0.25, -0.2) is 9.59 Å². The lowest BCUT2D eigenvalue weighted by Gasteiger charge is -2.36. The third-order valence-corrected chi connectivity index (χ3v) is 9.51. The zero-order valence-corrected chi connectivity index (χ0v) is 29.9. The number of benzene rings is 2. The number of hydrogen-bond donors (Lipinski definition) is 4. The topological polar surface area (TPSA) is 132 Å². The SMILES string of the molecule is C[C@@H]1CN([C@H](C)CO)C(=O)c2cc(NC(=O)Nc3ccc(C(F)(F)F)cc3)ccc2O[C@@H](C)CCCCO[C@H]1CN(C)C(=O)NC1CCCCC1. The molecule has 2 aromatic rings. The van der Waals surface area contributed by atoms with E-state index in [-0.39, 0.29) is 54.2 Å². The normalized spacial score (nSPS) is 21.8. The second-order valence-electron chi connectivity index (χ2n) is 13.8. The lowest BCUT2D eigenvalue weighted by atomic mass is 9.96. The number of carbonyl (C=O) groups excluding carboxylic acids is 3. The molecule has 14 heteroatoms. The highest BCUT2D eigenvalue weighted by Crippen LogP contribution is 2.31. The number of hydrogen-bond acceptors (Lipinski definition) is 6. The van der Waals surface area contributed by atoms with Crippen LogP contribution < -0.4 is 20.7 Å². The Morgan fingerprint density at radius 1 is 0.980 bits per heavy atom. The molecule has 1 aliphatic carbocycles. The summed E-state index contributed by atoms with van der Waals surface area (Å²) in [7, 11) is 1.75. The number of aliphatic hydroxyl groups excluding tert-OH is 1. The molecule has 2 aliphatic rings. The predicted octanol–water partition coefficient (Wildman–Crippen LogP) is 7.12.